The molecule has 3 heteroatoms. The smallest absolute Gasteiger partial charge is 0.143 e. The molecule has 0 bridgehead atoms. The SMILES string of the molecule is CC(=O)[O-].c1ccc(C[N+](c2ccccc2)(c2ccccc2)c2ccccc2)cc1. The second-order valence-electron chi connectivity index (χ2n) is 6.95. The highest BCUT2D eigenvalue weighted by molar-refractivity contribution is 5.70. The Balaban J connectivity index is 0.000000589. The Labute approximate surface area is 178 Å². The number of carboxylic acid groups (broad SMARTS) is 1. The van der Waals surface area contributed by atoms with Crippen molar-refractivity contribution < 1.29 is 9.90 Å². The molecule has 0 unspecified atom stereocenters. The van der Waals surface area contributed by atoms with Crippen LogP contribution in [-0.2, 0) is 11.3 Å². The molecule has 0 amide bonds. The van der Waals surface area contributed by atoms with Crippen molar-refractivity contribution in [3.05, 3.63) is 127 Å². The van der Waals surface area contributed by atoms with Gasteiger partial charge in [0.1, 0.15) is 23.6 Å². The molecule has 0 aromatic heterocycles. The number of rotatable bonds is 5. The summed E-state index contributed by atoms with van der Waals surface area (Å²) in [5, 5.41) is 8.89. The van der Waals surface area contributed by atoms with E-state index in [0.29, 0.717) is 4.48 Å². The molecule has 150 valence electrons. The second-order valence-corrected chi connectivity index (χ2v) is 6.95. The summed E-state index contributed by atoms with van der Waals surface area (Å²) in [6.07, 6.45) is 0. The van der Waals surface area contributed by atoms with Gasteiger partial charge in [-0.1, -0.05) is 84.9 Å². The number of para-hydroxylation sites is 3. The molecule has 0 spiro atoms. The number of hydrogen-bond acceptors (Lipinski definition) is 2. The van der Waals surface area contributed by atoms with Crippen molar-refractivity contribution in [3.63, 3.8) is 0 Å². The van der Waals surface area contributed by atoms with Crippen LogP contribution in [-0.4, -0.2) is 5.97 Å². The quantitative estimate of drug-likeness (QED) is 0.412. The van der Waals surface area contributed by atoms with Crippen LogP contribution in [0.3, 0.4) is 0 Å². The van der Waals surface area contributed by atoms with Gasteiger partial charge in [-0.15, -0.1) is 0 Å². The number of aliphatic carboxylic acids is 1. The van der Waals surface area contributed by atoms with Crippen LogP contribution in [0.1, 0.15) is 12.5 Å². The normalized spacial score (nSPS) is 10.6. The Morgan fingerprint density at radius 2 is 0.867 bits per heavy atom. The maximum absolute atomic E-state index is 8.89. The minimum absolute atomic E-state index is 0.659. The van der Waals surface area contributed by atoms with Gasteiger partial charge >= 0.3 is 0 Å². The molecule has 30 heavy (non-hydrogen) atoms. The van der Waals surface area contributed by atoms with E-state index in [4.69, 9.17) is 9.90 Å². The topological polar surface area (TPSA) is 40.1 Å². The number of hydrogen-bond donors (Lipinski definition) is 0. The van der Waals surface area contributed by atoms with E-state index in [1.54, 1.807) is 0 Å². The molecule has 0 aliphatic heterocycles. The molecule has 0 atom stereocenters. The Morgan fingerprint density at radius 1 is 0.600 bits per heavy atom. The van der Waals surface area contributed by atoms with Crippen molar-refractivity contribution in [2.24, 2.45) is 0 Å². The number of benzene rings is 4. The standard InChI is InChI=1S/C25H22N.C2H4O2/c1-5-13-22(14-6-1)21-26(23-15-7-2-8-16-23,24-17-9-3-10-18-24)25-19-11-4-12-20-25;1-2(3)4/h1-20H,21H2;1H3,(H,3,4)/q+1;/p-1. The molecule has 0 aliphatic carbocycles. The van der Waals surface area contributed by atoms with Crippen molar-refractivity contribution in [1.29, 1.82) is 0 Å². The highest BCUT2D eigenvalue weighted by atomic mass is 16.4. The first kappa shape index (κ1) is 21.0. The van der Waals surface area contributed by atoms with Gasteiger partial charge in [-0.3, -0.25) is 0 Å². The van der Waals surface area contributed by atoms with E-state index in [1.807, 2.05) is 0 Å². The Bertz CT molecular complexity index is 933. The van der Waals surface area contributed by atoms with Gasteiger partial charge in [-0.2, -0.15) is 0 Å². The first-order chi connectivity index (χ1) is 14.6. The van der Waals surface area contributed by atoms with Crippen molar-refractivity contribution in [3.8, 4) is 0 Å². The Hall–Kier alpha value is -3.69. The summed E-state index contributed by atoms with van der Waals surface area (Å²) in [4.78, 5) is 8.89. The summed E-state index contributed by atoms with van der Waals surface area (Å²) in [6, 6.07) is 43.1. The third kappa shape index (κ3) is 5.02. The lowest BCUT2D eigenvalue weighted by atomic mass is 10.1. The van der Waals surface area contributed by atoms with Crippen LogP contribution in [0.25, 0.3) is 0 Å². The molecule has 0 aliphatic rings. The molecule has 0 saturated heterocycles. The zero-order chi connectivity index (χ0) is 21.2. The lowest BCUT2D eigenvalue weighted by Crippen LogP contribution is -2.38. The maximum atomic E-state index is 8.89. The van der Waals surface area contributed by atoms with Crippen LogP contribution in [0, 0.1) is 0 Å². The summed E-state index contributed by atoms with van der Waals surface area (Å²) in [5.74, 6) is -1.08. The summed E-state index contributed by atoms with van der Waals surface area (Å²) < 4.78 is 0.659. The van der Waals surface area contributed by atoms with Gasteiger partial charge in [0.05, 0.1) is 0 Å². The van der Waals surface area contributed by atoms with Crippen molar-refractivity contribution >= 4 is 23.0 Å². The number of carbonyl (C=O) groups is 1. The summed E-state index contributed by atoms with van der Waals surface area (Å²) >= 11 is 0. The van der Waals surface area contributed by atoms with Crippen LogP contribution >= 0.6 is 0 Å². The van der Waals surface area contributed by atoms with Crippen LogP contribution in [0.2, 0.25) is 0 Å². The zero-order valence-corrected chi connectivity index (χ0v) is 17.0. The average Bonchev–Trinajstić information content (AvgIpc) is 2.80. The number of carboxylic acids is 1. The van der Waals surface area contributed by atoms with Crippen molar-refractivity contribution in [2.75, 3.05) is 0 Å². The van der Waals surface area contributed by atoms with Gasteiger partial charge in [0.25, 0.3) is 0 Å². The highest BCUT2D eigenvalue weighted by Crippen LogP contribution is 2.45. The fourth-order valence-electron chi connectivity index (χ4n) is 3.63. The lowest BCUT2D eigenvalue weighted by molar-refractivity contribution is -0.302. The number of carbonyl (C=O) groups excluding carboxylic acids is 1. The monoisotopic (exact) mass is 395 g/mol. The zero-order valence-electron chi connectivity index (χ0n) is 17.0. The van der Waals surface area contributed by atoms with Crippen molar-refractivity contribution in [2.45, 2.75) is 13.5 Å². The van der Waals surface area contributed by atoms with Gasteiger partial charge < -0.3 is 9.90 Å². The molecule has 3 nitrogen and oxygen atoms in total. The molecule has 0 N–H and O–H groups in total. The second kappa shape index (κ2) is 10.2. The molecular formula is C27H25NO2. The van der Waals surface area contributed by atoms with E-state index < -0.39 is 5.97 Å². The van der Waals surface area contributed by atoms with Gasteiger partial charge in [-0.25, -0.2) is 4.48 Å². The molecule has 4 aromatic carbocycles. The first-order valence-electron chi connectivity index (χ1n) is 9.89. The summed E-state index contributed by atoms with van der Waals surface area (Å²) in [7, 11) is 0. The summed E-state index contributed by atoms with van der Waals surface area (Å²) in [6.45, 7) is 1.83. The highest BCUT2D eigenvalue weighted by Gasteiger charge is 2.36. The van der Waals surface area contributed by atoms with Gasteiger partial charge in [0.15, 0.2) is 0 Å². The lowest BCUT2D eigenvalue weighted by Gasteiger charge is -2.37. The average molecular weight is 396 g/mol. The van der Waals surface area contributed by atoms with E-state index >= 15 is 0 Å². The molecule has 0 saturated carbocycles. The minimum atomic E-state index is -1.08. The predicted molar refractivity (Wildman–Crippen MR) is 121 cm³/mol. The van der Waals surface area contributed by atoms with E-state index in [9.17, 15) is 0 Å². The van der Waals surface area contributed by atoms with Gasteiger partial charge in [0.2, 0.25) is 0 Å². The third-order valence-corrected chi connectivity index (χ3v) is 4.85. The Morgan fingerprint density at radius 3 is 1.17 bits per heavy atom. The molecule has 0 fully saturated rings. The third-order valence-electron chi connectivity index (χ3n) is 4.85. The summed E-state index contributed by atoms with van der Waals surface area (Å²) in [5.41, 5.74) is 5.08. The van der Waals surface area contributed by atoms with Crippen LogP contribution in [0.15, 0.2) is 121 Å². The van der Waals surface area contributed by atoms with E-state index in [0.717, 1.165) is 13.5 Å². The predicted octanol–water partition coefficient (Wildman–Crippen LogP) is 5.61. The molecule has 0 radical (unpaired) electrons. The van der Waals surface area contributed by atoms with Gasteiger partial charge in [-0.05, 0) is 43.3 Å². The van der Waals surface area contributed by atoms with Crippen molar-refractivity contribution in [1.82, 2.24) is 4.48 Å². The maximum Gasteiger partial charge on any atom is 0.143 e. The number of quaternary nitrogens is 1. The van der Waals surface area contributed by atoms with Crippen LogP contribution in [0.4, 0.5) is 17.1 Å². The minimum Gasteiger partial charge on any atom is -0.550 e. The molecule has 0 heterocycles. The molecule has 4 aromatic rings. The Kier molecular flexibility index (Phi) is 7.14. The number of nitrogens with zero attached hydrogens (tertiary/aromatic N) is 1. The largest absolute Gasteiger partial charge is 0.550 e. The van der Waals surface area contributed by atoms with E-state index in [2.05, 4.69) is 121 Å². The van der Waals surface area contributed by atoms with Crippen LogP contribution < -0.4 is 9.59 Å². The van der Waals surface area contributed by atoms with Crippen LogP contribution in [0.5, 0.6) is 0 Å². The van der Waals surface area contributed by atoms with E-state index in [1.165, 1.54) is 22.6 Å². The fraction of sp³-hybridized carbons (Fsp3) is 0.0741. The van der Waals surface area contributed by atoms with Gasteiger partial charge in [0, 0.05) is 11.5 Å². The fourth-order valence-corrected chi connectivity index (χ4v) is 3.63. The molecular weight excluding hydrogens is 370 g/mol. The first-order valence-corrected chi connectivity index (χ1v) is 9.89. The van der Waals surface area contributed by atoms with E-state index in [-0.39, 0.29) is 0 Å². The molecule has 4 rings (SSSR count).